The highest BCUT2D eigenvalue weighted by Crippen LogP contribution is 2.30. The molecular weight excluding hydrogens is 242 g/mol. The monoisotopic (exact) mass is 259 g/mol. The van der Waals surface area contributed by atoms with Gasteiger partial charge in [-0.15, -0.1) is 0 Å². The topological polar surface area (TPSA) is 62.3 Å². The number of pyridine rings is 1. The second kappa shape index (κ2) is 4.64. The molecule has 0 aromatic carbocycles. The molecule has 1 saturated carbocycles. The van der Waals surface area contributed by atoms with Crippen LogP contribution in [0.5, 0.6) is 0 Å². The van der Waals surface area contributed by atoms with Gasteiger partial charge in [0.2, 0.25) is 11.8 Å². The largest absolute Gasteiger partial charge is 0.345 e. The van der Waals surface area contributed by atoms with Crippen molar-refractivity contribution in [2.45, 2.75) is 25.2 Å². The Morgan fingerprint density at radius 2 is 2.16 bits per heavy atom. The zero-order chi connectivity index (χ0) is 13.4. The van der Waals surface area contributed by atoms with Gasteiger partial charge in [0.1, 0.15) is 5.82 Å². The Morgan fingerprint density at radius 1 is 1.37 bits per heavy atom. The van der Waals surface area contributed by atoms with Crippen molar-refractivity contribution in [1.82, 2.24) is 9.88 Å². The molecule has 100 valence electrons. The number of hydrogen-bond acceptors (Lipinski definition) is 3. The summed E-state index contributed by atoms with van der Waals surface area (Å²) in [7, 11) is 1.82. The van der Waals surface area contributed by atoms with E-state index in [1.54, 1.807) is 17.2 Å². The van der Waals surface area contributed by atoms with Crippen LogP contribution in [0.15, 0.2) is 18.3 Å². The zero-order valence-corrected chi connectivity index (χ0v) is 10.9. The first kappa shape index (κ1) is 12.1. The van der Waals surface area contributed by atoms with Gasteiger partial charge < -0.3 is 10.2 Å². The Morgan fingerprint density at radius 3 is 2.68 bits per heavy atom. The first-order valence-electron chi connectivity index (χ1n) is 6.67. The molecule has 0 bridgehead atoms. The Bertz CT molecular complexity index is 508. The van der Waals surface area contributed by atoms with Gasteiger partial charge >= 0.3 is 0 Å². The molecule has 1 atom stereocenters. The summed E-state index contributed by atoms with van der Waals surface area (Å²) in [4.78, 5) is 29.5. The van der Waals surface area contributed by atoms with Gasteiger partial charge in [0.05, 0.1) is 5.92 Å². The Kier molecular flexibility index (Phi) is 2.97. The minimum atomic E-state index is -0.0781. The van der Waals surface area contributed by atoms with E-state index in [9.17, 15) is 9.59 Å². The molecule has 2 heterocycles. The number of hydrogen-bond donors (Lipinski definition) is 1. The summed E-state index contributed by atoms with van der Waals surface area (Å²) in [5.74, 6) is 0.866. The van der Waals surface area contributed by atoms with E-state index in [-0.39, 0.29) is 23.7 Å². The smallest absolute Gasteiger partial charge is 0.229 e. The highest BCUT2D eigenvalue weighted by atomic mass is 16.2. The van der Waals surface area contributed by atoms with E-state index >= 15 is 0 Å². The first-order valence-corrected chi connectivity index (χ1v) is 6.67. The lowest BCUT2D eigenvalue weighted by Crippen LogP contribution is -2.21. The van der Waals surface area contributed by atoms with Crippen LogP contribution in [-0.2, 0) is 9.59 Å². The molecule has 1 unspecified atom stereocenters. The third kappa shape index (κ3) is 2.45. The number of carbonyl (C=O) groups excluding carboxylic acids is 2. The molecule has 1 saturated heterocycles. The van der Waals surface area contributed by atoms with Crippen molar-refractivity contribution >= 4 is 17.6 Å². The maximum absolute atomic E-state index is 11.9. The molecular formula is C14H17N3O2. The standard InChI is InChI=1S/C14H17N3O2/c1-17-7-6-11(14(17)19)10-4-5-12(15-8-10)16-13(18)9-2-3-9/h4-5,8-9,11H,2-3,6-7H2,1H3,(H,15,16,18). The van der Waals surface area contributed by atoms with E-state index in [1.165, 1.54) is 0 Å². The second-order valence-electron chi connectivity index (χ2n) is 5.34. The van der Waals surface area contributed by atoms with Gasteiger partial charge in [-0.25, -0.2) is 4.98 Å². The number of anilines is 1. The summed E-state index contributed by atoms with van der Waals surface area (Å²) < 4.78 is 0. The molecule has 2 amide bonds. The summed E-state index contributed by atoms with van der Waals surface area (Å²) >= 11 is 0. The summed E-state index contributed by atoms with van der Waals surface area (Å²) in [6.07, 6.45) is 4.49. The first-order chi connectivity index (χ1) is 9.15. The predicted octanol–water partition coefficient (Wildman–Crippen LogP) is 1.38. The number of likely N-dealkylation sites (tertiary alicyclic amines) is 1. The van der Waals surface area contributed by atoms with Crippen molar-refractivity contribution in [1.29, 1.82) is 0 Å². The fourth-order valence-corrected chi connectivity index (χ4v) is 2.39. The molecule has 2 aliphatic rings. The maximum atomic E-state index is 11.9. The van der Waals surface area contributed by atoms with Crippen LogP contribution in [0.1, 0.15) is 30.7 Å². The average Bonchev–Trinajstić information content (AvgIpc) is 3.20. The Balaban J connectivity index is 1.68. The maximum Gasteiger partial charge on any atom is 0.229 e. The molecule has 1 aromatic heterocycles. The third-order valence-corrected chi connectivity index (χ3v) is 3.82. The lowest BCUT2D eigenvalue weighted by atomic mass is 10.00. The fraction of sp³-hybridized carbons (Fsp3) is 0.500. The van der Waals surface area contributed by atoms with Crippen LogP contribution >= 0.6 is 0 Å². The van der Waals surface area contributed by atoms with Gasteiger partial charge in [-0.05, 0) is 30.9 Å². The third-order valence-electron chi connectivity index (χ3n) is 3.82. The molecule has 0 spiro atoms. The normalized spacial score (nSPS) is 22.7. The van der Waals surface area contributed by atoms with Crippen molar-refractivity contribution in [3.05, 3.63) is 23.9 Å². The molecule has 0 radical (unpaired) electrons. The van der Waals surface area contributed by atoms with Crippen LogP contribution < -0.4 is 5.32 Å². The van der Waals surface area contributed by atoms with E-state index in [2.05, 4.69) is 10.3 Å². The number of likely N-dealkylation sites (N-methyl/N-ethyl adjacent to an activating group) is 1. The molecule has 1 aliphatic carbocycles. The number of nitrogens with one attached hydrogen (secondary N) is 1. The van der Waals surface area contributed by atoms with E-state index in [0.29, 0.717) is 5.82 Å². The quantitative estimate of drug-likeness (QED) is 0.892. The van der Waals surface area contributed by atoms with Crippen molar-refractivity contribution in [2.24, 2.45) is 5.92 Å². The second-order valence-corrected chi connectivity index (χ2v) is 5.34. The number of carbonyl (C=O) groups is 2. The minimum absolute atomic E-state index is 0.0527. The zero-order valence-electron chi connectivity index (χ0n) is 10.9. The number of aromatic nitrogens is 1. The van der Waals surface area contributed by atoms with Crippen LogP contribution in [0, 0.1) is 5.92 Å². The molecule has 19 heavy (non-hydrogen) atoms. The summed E-state index contributed by atoms with van der Waals surface area (Å²) in [6, 6.07) is 3.67. The number of rotatable bonds is 3. The summed E-state index contributed by atoms with van der Waals surface area (Å²) in [6.45, 7) is 0.795. The number of amides is 2. The highest BCUT2D eigenvalue weighted by Gasteiger charge is 2.31. The van der Waals surface area contributed by atoms with Gasteiger partial charge in [0, 0.05) is 25.7 Å². The lowest BCUT2D eigenvalue weighted by molar-refractivity contribution is -0.127. The molecule has 1 aromatic rings. The fourth-order valence-electron chi connectivity index (χ4n) is 2.39. The van der Waals surface area contributed by atoms with Crippen LogP contribution in [0.4, 0.5) is 5.82 Å². The Hall–Kier alpha value is -1.91. The SMILES string of the molecule is CN1CCC(c2ccc(NC(=O)C3CC3)nc2)C1=O. The van der Waals surface area contributed by atoms with Crippen molar-refractivity contribution in [3.8, 4) is 0 Å². The molecule has 1 aliphatic heterocycles. The van der Waals surface area contributed by atoms with Crippen molar-refractivity contribution < 1.29 is 9.59 Å². The molecule has 3 rings (SSSR count). The van der Waals surface area contributed by atoms with E-state index in [1.807, 2.05) is 13.1 Å². The predicted molar refractivity (Wildman–Crippen MR) is 70.6 cm³/mol. The van der Waals surface area contributed by atoms with Gasteiger partial charge in [0.25, 0.3) is 0 Å². The molecule has 1 N–H and O–H groups in total. The van der Waals surface area contributed by atoms with E-state index < -0.39 is 0 Å². The van der Waals surface area contributed by atoms with Crippen molar-refractivity contribution in [3.63, 3.8) is 0 Å². The minimum Gasteiger partial charge on any atom is -0.345 e. The average molecular weight is 259 g/mol. The van der Waals surface area contributed by atoms with E-state index in [0.717, 1.165) is 31.4 Å². The van der Waals surface area contributed by atoms with Crippen LogP contribution in [-0.4, -0.2) is 35.3 Å². The Labute approximate surface area is 112 Å². The van der Waals surface area contributed by atoms with Crippen molar-refractivity contribution in [2.75, 3.05) is 18.9 Å². The molecule has 5 heteroatoms. The molecule has 5 nitrogen and oxygen atoms in total. The lowest BCUT2D eigenvalue weighted by Gasteiger charge is -2.11. The van der Waals surface area contributed by atoms with Gasteiger partial charge in [-0.3, -0.25) is 9.59 Å². The van der Waals surface area contributed by atoms with Crippen LogP contribution in [0.25, 0.3) is 0 Å². The molecule has 2 fully saturated rings. The van der Waals surface area contributed by atoms with Gasteiger partial charge in [0.15, 0.2) is 0 Å². The summed E-state index contributed by atoms with van der Waals surface area (Å²) in [5, 5.41) is 2.80. The van der Waals surface area contributed by atoms with Gasteiger partial charge in [-0.1, -0.05) is 6.07 Å². The highest BCUT2D eigenvalue weighted by molar-refractivity contribution is 5.93. The van der Waals surface area contributed by atoms with Gasteiger partial charge in [-0.2, -0.15) is 0 Å². The number of nitrogens with zero attached hydrogens (tertiary/aromatic N) is 2. The van der Waals surface area contributed by atoms with E-state index in [4.69, 9.17) is 0 Å². The van der Waals surface area contributed by atoms with Crippen LogP contribution in [0.2, 0.25) is 0 Å². The van der Waals surface area contributed by atoms with Crippen LogP contribution in [0.3, 0.4) is 0 Å². The summed E-state index contributed by atoms with van der Waals surface area (Å²) in [5.41, 5.74) is 0.929.